The lowest BCUT2D eigenvalue weighted by molar-refractivity contribution is -0.117. The number of thioether (sulfide) groups is 1. The Morgan fingerprint density at radius 1 is 1.41 bits per heavy atom. The zero-order valence-corrected chi connectivity index (χ0v) is 17.4. The van der Waals surface area contributed by atoms with Crippen molar-refractivity contribution >= 4 is 35.1 Å². The molecule has 0 spiro atoms. The van der Waals surface area contributed by atoms with E-state index in [2.05, 4.69) is 28.5 Å². The van der Waals surface area contributed by atoms with Crippen LogP contribution in [0.1, 0.15) is 37.1 Å². The number of carbonyl (C=O) groups is 2. The topological polar surface area (TPSA) is 86.1 Å². The average molecular weight is 409 g/mol. The largest absolute Gasteiger partial charge is 0.450 e. The van der Waals surface area contributed by atoms with E-state index in [1.54, 1.807) is 18.3 Å². The molecule has 7 nitrogen and oxygen atoms in total. The minimum Gasteiger partial charge on any atom is -0.450 e. The van der Waals surface area contributed by atoms with Crippen molar-refractivity contribution in [1.29, 1.82) is 0 Å². The molecule has 2 amide bonds. The predicted octanol–water partition coefficient (Wildman–Crippen LogP) is 3.42. The normalized spacial score (nSPS) is 16.0. The van der Waals surface area contributed by atoms with Crippen molar-refractivity contribution in [3.8, 4) is 10.7 Å². The van der Waals surface area contributed by atoms with Crippen molar-refractivity contribution in [2.75, 3.05) is 12.4 Å². The van der Waals surface area contributed by atoms with E-state index in [4.69, 9.17) is 4.74 Å². The summed E-state index contributed by atoms with van der Waals surface area (Å²) in [5.41, 5.74) is 1.44. The number of fused-ring (bicyclic) bond motifs is 1. The maximum atomic E-state index is 11.8. The van der Waals surface area contributed by atoms with E-state index in [-0.39, 0.29) is 12.4 Å². The van der Waals surface area contributed by atoms with Gasteiger partial charge in [-0.1, -0.05) is 25.1 Å². The quantitative estimate of drug-likeness (QED) is 0.737. The number of nitrogens with zero attached hydrogens (tertiary/aromatic N) is 3. The van der Waals surface area contributed by atoms with E-state index in [1.165, 1.54) is 35.0 Å². The zero-order valence-electron chi connectivity index (χ0n) is 15.8. The molecule has 27 heavy (non-hydrogen) atoms. The molecule has 0 fully saturated rings. The minimum absolute atomic E-state index is 0.0733. The van der Waals surface area contributed by atoms with Crippen LogP contribution in [-0.4, -0.2) is 39.1 Å². The summed E-state index contributed by atoms with van der Waals surface area (Å²) in [6, 6.07) is 2.24. The maximum absolute atomic E-state index is 11.8. The Morgan fingerprint density at radius 3 is 2.96 bits per heavy atom. The van der Waals surface area contributed by atoms with Gasteiger partial charge >= 0.3 is 6.09 Å². The first-order chi connectivity index (χ1) is 13.0. The molecular weight excluding hydrogens is 384 g/mol. The SMILES string of the molecule is CCOC(=O)NC(=O)CSc1nnc(-c2cc3c(s2)CC[C@H](CC)C3)n1C. The van der Waals surface area contributed by atoms with Crippen LogP contribution in [0.5, 0.6) is 0 Å². The Labute approximate surface area is 166 Å². The van der Waals surface area contributed by atoms with Crippen LogP contribution in [0, 0.1) is 5.92 Å². The highest BCUT2D eigenvalue weighted by molar-refractivity contribution is 7.99. The number of aryl methyl sites for hydroxylation is 1. The number of aromatic nitrogens is 3. The van der Waals surface area contributed by atoms with E-state index in [0.717, 1.165) is 29.5 Å². The number of hydrogen-bond acceptors (Lipinski definition) is 7. The van der Waals surface area contributed by atoms with Gasteiger partial charge in [-0.2, -0.15) is 0 Å². The van der Waals surface area contributed by atoms with Gasteiger partial charge in [0.05, 0.1) is 17.2 Å². The van der Waals surface area contributed by atoms with Gasteiger partial charge in [-0.25, -0.2) is 4.79 Å². The fourth-order valence-corrected chi connectivity index (χ4v) is 5.10. The summed E-state index contributed by atoms with van der Waals surface area (Å²) in [5, 5.41) is 11.3. The van der Waals surface area contributed by atoms with Crippen LogP contribution in [0.4, 0.5) is 4.79 Å². The summed E-state index contributed by atoms with van der Waals surface area (Å²) >= 11 is 3.04. The molecule has 2 heterocycles. The van der Waals surface area contributed by atoms with E-state index < -0.39 is 12.0 Å². The highest BCUT2D eigenvalue weighted by Crippen LogP contribution is 2.37. The molecule has 1 aliphatic rings. The van der Waals surface area contributed by atoms with Crippen molar-refractivity contribution in [2.45, 2.75) is 44.7 Å². The molecule has 0 saturated carbocycles. The molecule has 0 aliphatic heterocycles. The smallest absolute Gasteiger partial charge is 0.413 e. The number of amides is 2. The number of thiophene rings is 1. The minimum atomic E-state index is -0.726. The Bertz CT molecular complexity index is 831. The molecule has 1 N–H and O–H groups in total. The molecular formula is C18H24N4O3S2. The molecule has 0 radical (unpaired) electrons. The van der Waals surface area contributed by atoms with Gasteiger partial charge in [-0.3, -0.25) is 10.1 Å². The average Bonchev–Trinajstić information content (AvgIpc) is 3.22. The van der Waals surface area contributed by atoms with Gasteiger partial charge in [-0.15, -0.1) is 21.5 Å². The van der Waals surface area contributed by atoms with E-state index in [0.29, 0.717) is 5.16 Å². The van der Waals surface area contributed by atoms with Gasteiger partial charge in [-0.05, 0) is 43.7 Å². The highest BCUT2D eigenvalue weighted by atomic mass is 32.2. The summed E-state index contributed by atoms with van der Waals surface area (Å²) in [5.74, 6) is 1.25. The number of imide groups is 1. The zero-order chi connectivity index (χ0) is 19.4. The molecule has 0 unspecified atom stereocenters. The second-order valence-corrected chi connectivity index (χ2v) is 8.58. The monoisotopic (exact) mass is 408 g/mol. The fraction of sp³-hybridized carbons (Fsp3) is 0.556. The van der Waals surface area contributed by atoms with E-state index >= 15 is 0 Å². The van der Waals surface area contributed by atoms with Crippen molar-refractivity contribution in [3.63, 3.8) is 0 Å². The Morgan fingerprint density at radius 2 is 2.22 bits per heavy atom. The molecule has 1 aliphatic carbocycles. The fourth-order valence-electron chi connectivity index (χ4n) is 3.16. The number of alkyl carbamates (subject to hydrolysis) is 1. The number of ether oxygens (including phenoxy) is 1. The van der Waals surface area contributed by atoms with E-state index in [1.807, 2.05) is 11.6 Å². The van der Waals surface area contributed by atoms with Crippen LogP contribution in [0.25, 0.3) is 10.7 Å². The van der Waals surface area contributed by atoms with Gasteiger partial charge in [0.1, 0.15) is 0 Å². The molecule has 2 aromatic heterocycles. The van der Waals surface area contributed by atoms with Crippen molar-refractivity contribution < 1.29 is 14.3 Å². The van der Waals surface area contributed by atoms with Crippen LogP contribution in [0.2, 0.25) is 0 Å². The van der Waals surface area contributed by atoms with Crippen LogP contribution in [-0.2, 0) is 29.4 Å². The highest BCUT2D eigenvalue weighted by Gasteiger charge is 2.22. The Balaban J connectivity index is 1.65. The Hall–Kier alpha value is -1.87. The van der Waals surface area contributed by atoms with Gasteiger partial charge < -0.3 is 9.30 Å². The first kappa shape index (κ1) is 19.9. The molecule has 9 heteroatoms. The van der Waals surface area contributed by atoms with E-state index in [9.17, 15) is 9.59 Å². The first-order valence-corrected chi connectivity index (χ1v) is 10.9. The second-order valence-electron chi connectivity index (χ2n) is 6.50. The molecule has 1 atom stereocenters. The summed E-state index contributed by atoms with van der Waals surface area (Å²) in [7, 11) is 1.90. The summed E-state index contributed by atoms with van der Waals surface area (Å²) in [6.45, 7) is 4.17. The molecule has 2 aromatic rings. The summed E-state index contributed by atoms with van der Waals surface area (Å²) in [6.07, 6.45) is 4.06. The molecule has 0 bridgehead atoms. The van der Waals surface area contributed by atoms with Crippen molar-refractivity contribution in [1.82, 2.24) is 20.1 Å². The third-order valence-corrected chi connectivity index (χ3v) is 6.92. The third kappa shape index (κ3) is 4.70. The number of carbonyl (C=O) groups excluding carboxylic acids is 2. The maximum Gasteiger partial charge on any atom is 0.413 e. The molecule has 146 valence electrons. The van der Waals surface area contributed by atoms with Gasteiger partial charge in [0, 0.05) is 11.9 Å². The number of hydrogen-bond donors (Lipinski definition) is 1. The molecule has 0 saturated heterocycles. The van der Waals surface area contributed by atoms with Crippen LogP contribution < -0.4 is 5.32 Å². The third-order valence-electron chi connectivity index (χ3n) is 4.67. The number of nitrogens with one attached hydrogen (secondary N) is 1. The standard InChI is InChI=1S/C18H24N4O3S2/c1-4-11-6-7-13-12(8-11)9-14(27-13)16-20-21-17(22(16)3)26-10-15(23)19-18(24)25-5-2/h9,11H,4-8,10H2,1-3H3,(H,19,23,24)/t11-/m0/s1. The Kier molecular flexibility index (Phi) is 6.54. The second kappa shape index (κ2) is 8.88. The molecule has 0 aromatic carbocycles. The molecule has 3 rings (SSSR count). The lowest BCUT2D eigenvalue weighted by Gasteiger charge is -2.19. The van der Waals surface area contributed by atoms with Crippen molar-refractivity contribution in [2.24, 2.45) is 13.0 Å². The summed E-state index contributed by atoms with van der Waals surface area (Å²) in [4.78, 5) is 25.6. The first-order valence-electron chi connectivity index (χ1n) is 9.12. The van der Waals surface area contributed by atoms with Crippen LogP contribution in [0.15, 0.2) is 11.2 Å². The summed E-state index contributed by atoms with van der Waals surface area (Å²) < 4.78 is 6.59. The van der Waals surface area contributed by atoms with Crippen LogP contribution >= 0.6 is 23.1 Å². The lowest BCUT2D eigenvalue weighted by atomic mass is 9.87. The number of rotatable bonds is 6. The van der Waals surface area contributed by atoms with Gasteiger partial charge in [0.25, 0.3) is 0 Å². The lowest BCUT2D eigenvalue weighted by Crippen LogP contribution is -2.32. The predicted molar refractivity (Wildman–Crippen MR) is 106 cm³/mol. The van der Waals surface area contributed by atoms with Crippen LogP contribution in [0.3, 0.4) is 0 Å². The van der Waals surface area contributed by atoms with Crippen molar-refractivity contribution in [3.05, 3.63) is 16.5 Å². The van der Waals surface area contributed by atoms with Gasteiger partial charge in [0.15, 0.2) is 11.0 Å². The van der Waals surface area contributed by atoms with Gasteiger partial charge in [0.2, 0.25) is 5.91 Å².